The molecule has 3 aromatic rings. The molecule has 7 nitrogen and oxygen atoms in total. The molecule has 4 rings (SSSR count). The van der Waals surface area contributed by atoms with E-state index < -0.39 is 12.1 Å². The van der Waals surface area contributed by atoms with Gasteiger partial charge in [-0.1, -0.05) is 18.2 Å². The van der Waals surface area contributed by atoms with Crippen molar-refractivity contribution < 1.29 is 24.2 Å². The van der Waals surface area contributed by atoms with Crippen LogP contribution in [0.3, 0.4) is 0 Å². The number of carboxylic acids is 1. The van der Waals surface area contributed by atoms with Crippen LogP contribution >= 0.6 is 0 Å². The molecular formula is C18H16N2O5. The van der Waals surface area contributed by atoms with Crippen LogP contribution in [0.1, 0.15) is 10.4 Å². The molecule has 1 amide bonds. The van der Waals surface area contributed by atoms with Crippen LogP contribution in [-0.2, 0) is 4.74 Å². The van der Waals surface area contributed by atoms with Crippen molar-refractivity contribution in [2.75, 3.05) is 26.3 Å². The SMILES string of the molecule is O=C(O)c1c2ccccc2n2cc(OC(=O)N3CCOCC3)ccc12. The van der Waals surface area contributed by atoms with Gasteiger partial charge in [-0.15, -0.1) is 0 Å². The Hall–Kier alpha value is -3.06. The van der Waals surface area contributed by atoms with Crippen molar-refractivity contribution in [1.29, 1.82) is 0 Å². The number of ether oxygens (including phenoxy) is 2. The number of aromatic nitrogens is 1. The van der Waals surface area contributed by atoms with Crippen LogP contribution in [0.2, 0.25) is 0 Å². The summed E-state index contributed by atoms with van der Waals surface area (Å²) in [4.78, 5) is 25.5. The van der Waals surface area contributed by atoms with Crippen LogP contribution in [0.4, 0.5) is 4.79 Å². The molecule has 2 aromatic heterocycles. The van der Waals surface area contributed by atoms with Crippen LogP contribution in [0.25, 0.3) is 16.4 Å². The Bertz CT molecular complexity index is 972. The number of aromatic carboxylic acids is 1. The molecule has 0 radical (unpaired) electrons. The first-order valence-corrected chi connectivity index (χ1v) is 7.96. The van der Waals surface area contributed by atoms with Gasteiger partial charge in [0.05, 0.1) is 36.0 Å². The van der Waals surface area contributed by atoms with Gasteiger partial charge >= 0.3 is 12.1 Å². The lowest BCUT2D eigenvalue weighted by atomic mass is 10.1. The van der Waals surface area contributed by atoms with E-state index in [2.05, 4.69) is 0 Å². The molecule has 1 N–H and O–H groups in total. The molecule has 1 saturated heterocycles. The summed E-state index contributed by atoms with van der Waals surface area (Å²) in [6, 6.07) is 10.5. The molecule has 0 spiro atoms. The van der Waals surface area contributed by atoms with Crippen LogP contribution < -0.4 is 4.74 Å². The molecular weight excluding hydrogens is 324 g/mol. The van der Waals surface area contributed by atoms with Crippen LogP contribution in [0.15, 0.2) is 42.6 Å². The Morgan fingerprint density at radius 2 is 1.80 bits per heavy atom. The summed E-state index contributed by atoms with van der Waals surface area (Å²) in [5.41, 5.74) is 1.54. The zero-order chi connectivity index (χ0) is 17.4. The number of morpholine rings is 1. The van der Waals surface area contributed by atoms with Gasteiger partial charge in [0.25, 0.3) is 0 Å². The predicted molar refractivity (Wildman–Crippen MR) is 90.3 cm³/mol. The Kier molecular flexibility index (Phi) is 3.77. The number of nitrogens with zero attached hydrogens (tertiary/aromatic N) is 2. The van der Waals surface area contributed by atoms with Crippen LogP contribution in [0, 0.1) is 0 Å². The van der Waals surface area contributed by atoms with E-state index in [4.69, 9.17) is 9.47 Å². The molecule has 3 heterocycles. The van der Waals surface area contributed by atoms with Gasteiger partial charge in [-0.3, -0.25) is 0 Å². The van der Waals surface area contributed by atoms with E-state index in [1.165, 1.54) is 0 Å². The Labute approximate surface area is 143 Å². The van der Waals surface area contributed by atoms with E-state index in [-0.39, 0.29) is 5.56 Å². The maximum absolute atomic E-state index is 12.2. The fraction of sp³-hybridized carbons (Fsp3) is 0.222. The van der Waals surface area contributed by atoms with Crippen molar-refractivity contribution in [1.82, 2.24) is 9.30 Å². The minimum atomic E-state index is -0.989. The molecule has 0 aliphatic carbocycles. The zero-order valence-electron chi connectivity index (χ0n) is 13.3. The summed E-state index contributed by atoms with van der Waals surface area (Å²) in [5.74, 6) is -0.626. The minimum absolute atomic E-state index is 0.238. The quantitative estimate of drug-likeness (QED) is 0.776. The van der Waals surface area contributed by atoms with Gasteiger partial charge in [-0.25, -0.2) is 9.59 Å². The largest absolute Gasteiger partial charge is 0.478 e. The third-order valence-electron chi connectivity index (χ3n) is 4.30. The number of fused-ring (bicyclic) bond motifs is 3. The predicted octanol–water partition coefficient (Wildman–Crippen LogP) is 2.62. The van der Waals surface area contributed by atoms with Crippen molar-refractivity contribution in [2.24, 2.45) is 0 Å². The smallest absolute Gasteiger partial charge is 0.415 e. The average Bonchev–Trinajstić information content (AvgIpc) is 2.96. The number of benzene rings is 1. The highest BCUT2D eigenvalue weighted by molar-refractivity contribution is 6.11. The summed E-state index contributed by atoms with van der Waals surface area (Å²) in [6.45, 7) is 1.99. The molecule has 7 heteroatoms. The third kappa shape index (κ3) is 2.68. The van der Waals surface area contributed by atoms with Gasteiger partial charge in [0.2, 0.25) is 0 Å². The molecule has 1 aliphatic rings. The van der Waals surface area contributed by atoms with Gasteiger partial charge in [0.1, 0.15) is 5.75 Å². The highest BCUT2D eigenvalue weighted by atomic mass is 16.6. The summed E-state index contributed by atoms with van der Waals surface area (Å²) >= 11 is 0. The number of carbonyl (C=O) groups excluding carboxylic acids is 1. The van der Waals surface area contributed by atoms with Crippen LogP contribution in [0.5, 0.6) is 5.75 Å². The Morgan fingerprint density at radius 1 is 1.04 bits per heavy atom. The number of pyridine rings is 1. The molecule has 0 unspecified atom stereocenters. The van der Waals surface area contributed by atoms with Gasteiger partial charge < -0.3 is 23.9 Å². The van der Waals surface area contributed by atoms with Crippen LogP contribution in [-0.4, -0.2) is 52.8 Å². The van der Waals surface area contributed by atoms with Gasteiger partial charge in [-0.05, 0) is 18.2 Å². The first kappa shape index (κ1) is 15.5. The van der Waals surface area contributed by atoms with Gasteiger partial charge in [-0.2, -0.15) is 0 Å². The molecule has 1 aromatic carbocycles. The number of hydrogen-bond acceptors (Lipinski definition) is 4. The first-order chi connectivity index (χ1) is 12.1. The first-order valence-electron chi connectivity index (χ1n) is 7.96. The second kappa shape index (κ2) is 6.10. The molecule has 0 saturated carbocycles. The average molecular weight is 340 g/mol. The molecule has 0 bridgehead atoms. The van der Waals surface area contributed by atoms with Crippen molar-refractivity contribution >= 4 is 28.5 Å². The fourth-order valence-corrected chi connectivity index (χ4v) is 3.11. The number of carbonyl (C=O) groups is 2. The van der Waals surface area contributed by atoms with Gasteiger partial charge in [0, 0.05) is 18.5 Å². The fourth-order valence-electron chi connectivity index (χ4n) is 3.11. The summed E-state index contributed by atoms with van der Waals surface area (Å²) < 4.78 is 12.4. The zero-order valence-corrected chi connectivity index (χ0v) is 13.3. The number of para-hydroxylation sites is 1. The topological polar surface area (TPSA) is 80.5 Å². The maximum atomic E-state index is 12.2. The summed E-state index contributed by atoms with van der Waals surface area (Å²) in [7, 11) is 0. The monoisotopic (exact) mass is 340 g/mol. The van der Waals surface area contributed by atoms with Crippen molar-refractivity contribution in [3.63, 3.8) is 0 Å². The molecule has 1 fully saturated rings. The third-order valence-corrected chi connectivity index (χ3v) is 4.30. The molecule has 1 aliphatic heterocycles. The highest BCUT2D eigenvalue weighted by Crippen LogP contribution is 2.28. The lowest BCUT2D eigenvalue weighted by molar-refractivity contribution is 0.0415. The van der Waals surface area contributed by atoms with E-state index >= 15 is 0 Å². The van der Waals surface area contributed by atoms with Gasteiger partial charge in [0.15, 0.2) is 0 Å². The second-order valence-electron chi connectivity index (χ2n) is 5.78. The number of carboxylic acid groups (broad SMARTS) is 1. The normalized spacial score (nSPS) is 14.8. The van der Waals surface area contributed by atoms with E-state index in [1.807, 2.05) is 12.1 Å². The van der Waals surface area contributed by atoms with Crippen molar-refractivity contribution in [3.8, 4) is 5.75 Å². The summed E-state index contributed by atoms with van der Waals surface area (Å²) in [6.07, 6.45) is 1.21. The number of rotatable bonds is 2. The maximum Gasteiger partial charge on any atom is 0.415 e. The highest BCUT2D eigenvalue weighted by Gasteiger charge is 2.21. The van der Waals surface area contributed by atoms with Crippen molar-refractivity contribution in [3.05, 3.63) is 48.2 Å². The molecule has 0 atom stereocenters. The Balaban J connectivity index is 1.74. The lowest BCUT2D eigenvalue weighted by Crippen LogP contribution is -2.42. The van der Waals surface area contributed by atoms with E-state index in [9.17, 15) is 14.7 Å². The van der Waals surface area contributed by atoms with Crippen molar-refractivity contribution in [2.45, 2.75) is 0 Å². The minimum Gasteiger partial charge on any atom is -0.478 e. The lowest BCUT2D eigenvalue weighted by Gasteiger charge is -2.25. The molecule has 25 heavy (non-hydrogen) atoms. The summed E-state index contributed by atoms with van der Waals surface area (Å²) in [5, 5.41) is 10.2. The standard InChI is InChI=1S/C18H16N2O5/c21-17(22)16-13-3-1-2-4-14(13)20-11-12(5-6-15(16)20)25-18(23)19-7-9-24-10-8-19/h1-6,11H,7-10H2,(H,21,22). The van der Waals surface area contributed by atoms with E-state index in [0.717, 1.165) is 5.52 Å². The Morgan fingerprint density at radius 3 is 2.56 bits per heavy atom. The second-order valence-corrected chi connectivity index (χ2v) is 5.78. The number of amides is 1. The number of hydrogen-bond donors (Lipinski definition) is 1. The van der Waals surface area contributed by atoms with E-state index in [0.29, 0.717) is 43.0 Å². The molecule has 128 valence electrons. The van der Waals surface area contributed by atoms with E-state index in [1.54, 1.807) is 39.8 Å².